The lowest BCUT2D eigenvalue weighted by Gasteiger charge is -2.06. The first kappa shape index (κ1) is 44.3. The third-order valence-corrected chi connectivity index (χ3v) is 8.79. The van der Waals surface area contributed by atoms with E-state index >= 15 is 0 Å². The molecule has 0 heterocycles. The predicted molar refractivity (Wildman–Crippen MR) is 214 cm³/mol. The van der Waals surface area contributed by atoms with Crippen molar-refractivity contribution in [1.29, 1.82) is 0 Å². The van der Waals surface area contributed by atoms with Crippen LogP contribution in [0, 0.1) is 11.8 Å². The van der Waals surface area contributed by atoms with E-state index in [0.717, 1.165) is 64.1 Å². The molecule has 0 spiro atoms. The summed E-state index contributed by atoms with van der Waals surface area (Å²) in [7, 11) is 0. The van der Waals surface area contributed by atoms with Gasteiger partial charge in [-0.3, -0.25) is 0 Å². The Balaban J connectivity index is 4.22. The molecule has 0 N–H and O–H groups in total. The summed E-state index contributed by atoms with van der Waals surface area (Å²) in [6.45, 7) is 22.5. The van der Waals surface area contributed by atoms with Crippen LogP contribution in [0.25, 0.3) is 0 Å². The van der Waals surface area contributed by atoms with Crippen LogP contribution in [0.15, 0.2) is 106 Å². The lowest BCUT2D eigenvalue weighted by Crippen LogP contribution is -1.89. The van der Waals surface area contributed by atoms with E-state index in [1.54, 1.807) is 0 Å². The van der Waals surface area contributed by atoms with Crippen molar-refractivity contribution in [3.63, 3.8) is 0 Å². The summed E-state index contributed by atoms with van der Waals surface area (Å²) in [5.74, 6) is 1.25. The first-order chi connectivity index (χ1) is 22.4. The van der Waals surface area contributed by atoms with Crippen LogP contribution in [0.4, 0.5) is 0 Å². The zero-order chi connectivity index (χ0) is 35.3. The number of hydrogen-bond donors (Lipinski definition) is 0. The maximum Gasteiger partial charge on any atom is 0.123 e. The molecule has 0 saturated carbocycles. The third-order valence-electron chi connectivity index (χ3n) is 8.79. The minimum Gasteiger partial charge on any atom is -0.303 e. The van der Waals surface area contributed by atoms with Crippen LogP contribution in [0.5, 0.6) is 0 Å². The van der Waals surface area contributed by atoms with E-state index in [1.807, 2.05) is 6.08 Å². The minimum atomic E-state index is 0.537. The molecule has 0 saturated heterocycles. The minimum absolute atomic E-state index is 0.537. The number of hydrogen-bond acceptors (Lipinski definition) is 1. The Bertz CT molecular complexity index is 1120. The zero-order valence-corrected chi connectivity index (χ0v) is 32.6. The predicted octanol–water partition coefficient (Wildman–Crippen LogP) is 15.1. The Labute approximate surface area is 293 Å². The summed E-state index contributed by atoms with van der Waals surface area (Å²) in [6, 6.07) is 0. The lowest BCUT2D eigenvalue weighted by molar-refractivity contribution is -0.107. The normalized spacial score (nSPS) is 15.5. The molecular formula is C46H74O. The fraction of sp³-hybridized carbons (Fsp3) is 0.587. The molecule has 47 heavy (non-hydrogen) atoms. The highest BCUT2D eigenvalue weighted by molar-refractivity contribution is 5.52. The van der Waals surface area contributed by atoms with E-state index in [-0.39, 0.29) is 0 Å². The summed E-state index contributed by atoms with van der Waals surface area (Å²) < 4.78 is 0. The van der Waals surface area contributed by atoms with Gasteiger partial charge >= 0.3 is 0 Å². The molecule has 0 aromatic heterocycles. The van der Waals surface area contributed by atoms with E-state index in [2.05, 4.69) is 130 Å². The van der Waals surface area contributed by atoms with Crippen LogP contribution in [0.1, 0.15) is 166 Å². The van der Waals surface area contributed by atoms with Gasteiger partial charge in [-0.25, -0.2) is 0 Å². The second-order valence-corrected chi connectivity index (χ2v) is 14.5. The quantitative estimate of drug-likeness (QED) is 0.0678. The first-order valence-corrected chi connectivity index (χ1v) is 18.8. The van der Waals surface area contributed by atoms with Gasteiger partial charge in [0.25, 0.3) is 0 Å². The molecule has 1 nitrogen and oxygen atoms in total. The van der Waals surface area contributed by atoms with Crippen LogP contribution in [-0.4, -0.2) is 6.29 Å². The summed E-state index contributed by atoms with van der Waals surface area (Å²) >= 11 is 0. The molecule has 0 aliphatic carbocycles. The molecule has 0 aromatic carbocycles. The molecule has 0 rings (SSSR count). The Morgan fingerprint density at radius 1 is 0.447 bits per heavy atom. The Morgan fingerprint density at radius 3 is 1.17 bits per heavy atom. The van der Waals surface area contributed by atoms with Gasteiger partial charge in [-0.15, -0.1) is 0 Å². The van der Waals surface area contributed by atoms with Gasteiger partial charge < -0.3 is 4.79 Å². The van der Waals surface area contributed by atoms with Crippen molar-refractivity contribution in [1.82, 2.24) is 0 Å². The van der Waals surface area contributed by atoms with Crippen LogP contribution >= 0.6 is 0 Å². The third kappa shape index (κ3) is 30.4. The van der Waals surface area contributed by atoms with E-state index < -0.39 is 0 Å². The Kier molecular flexibility index (Phi) is 27.8. The molecule has 0 aliphatic heterocycles. The largest absolute Gasteiger partial charge is 0.303 e. The van der Waals surface area contributed by atoms with Gasteiger partial charge in [0, 0.05) is 6.42 Å². The van der Waals surface area contributed by atoms with Gasteiger partial charge in [-0.05, 0) is 157 Å². The smallest absolute Gasteiger partial charge is 0.123 e. The number of carbonyl (C=O) groups is 1. The summed E-state index contributed by atoms with van der Waals surface area (Å²) in [5.41, 5.74) is 10.2. The molecule has 0 radical (unpaired) electrons. The van der Waals surface area contributed by atoms with Crippen molar-refractivity contribution in [2.45, 2.75) is 166 Å². The van der Waals surface area contributed by atoms with Crippen LogP contribution in [0.2, 0.25) is 0 Å². The molecule has 264 valence electrons. The Morgan fingerprint density at radius 2 is 0.787 bits per heavy atom. The highest BCUT2D eigenvalue weighted by Gasteiger charge is 1.99. The molecule has 0 aliphatic rings. The van der Waals surface area contributed by atoms with Gasteiger partial charge in [0.15, 0.2) is 0 Å². The van der Waals surface area contributed by atoms with Gasteiger partial charge in [0.1, 0.15) is 6.29 Å². The van der Waals surface area contributed by atoms with Crippen molar-refractivity contribution < 1.29 is 4.79 Å². The van der Waals surface area contributed by atoms with E-state index in [9.17, 15) is 4.79 Å². The molecule has 0 aromatic rings. The van der Waals surface area contributed by atoms with Crippen LogP contribution in [0.3, 0.4) is 0 Å². The molecule has 0 amide bonds. The van der Waals surface area contributed by atoms with Crippen molar-refractivity contribution in [3.8, 4) is 0 Å². The van der Waals surface area contributed by atoms with E-state index in [0.29, 0.717) is 18.3 Å². The first-order valence-electron chi connectivity index (χ1n) is 18.8. The molecule has 0 bridgehead atoms. The van der Waals surface area contributed by atoms with Crippen LogP contribution < -0.4 is 0 Å². The summed E-state index contributed by atoms with van der Waals surface area (Å²) in [5, 5.41) is 0. The second-order valence-electron chi connectivity index (χ2n) is 14.5. The van der Waals surface area contributed by atoms with Gasteiger partial charge in [0.2, 0.25) is 0 Å². The maximum atomic E-state index is 10.5. The lowest BCUT2D eigenvalue weighted by atomic mass is 10.0. The van der Waals surface area contributed by atoms with Gasteiger partial charge in [0.05, 0.1) is 0 Å². The SMILES string of the molecule is CC(C)=CCC/C(C)=C/CCC(C)/C=C/C/C(C)=C/CC/C(C)=C/CCC(C)/C=C/C/C(C)=C/CC/C(C)=C/CC/C(C)=C/CC=O. The second kappa shape index (κ2) is 29.5. The Hall–Kier alpha value is -2.67. The van der Waals surface area contributed by atoms with Crippen LogP contribution in [-0.2, 0) is 4.79 Å². The fourth-order valence-electron chi connectivity index (χ4n) is 5.40. The van der Waals surface area contributed by atoms with Crippen molar-refractivity contribution in [3.05, 3.63) is 106 Å². The molecular weight excluding hydrogens is 569 g/mol. The average Bonchev–Trinajstić information content (AvgIpc) is 2.99. The standard InChI is InChI=1S/C46H74O/c1-38(2)20-11-21-39(3)22-12-23-40(4)24-13-25-41(5)26-14-27-42(6)28-15-29-43(7)30-16-31-44(8)32-17-33-45(9)34-18-35-46(10)36-19-37-47/h13,16,20,22,24,26,28,30,32,34,36-37,40,43H,11-12,14-15,17-19,21,23,25,27,29,31,33,35H2,1-10H3/b24-13+,30-16+,39-22+,41-26+,42-28+,44-32+,45-34+,46-36+. The summed E-state index contributed by atoms with van der Waals surface area (Å²) in [6.07, 6.45) is 43.4. The van der Waals surface area contributed by atoms with Crippen molar-refractivity contribution >= 4 is 6.29 Å². The molecule has 2 atom stereocenters. The summed E-state index contributed by atoms with van der Waals surface area (Å²) in [4.78, 5) is 10.5. The average molecular weight is 643 g/mol. The highest BCUT2D eigenvalue weighted by Crippen LogP contribution is 2.17. The molecule has 0 fully saturated rings. The molecule has 2 unspecified atom stereocenters. The fourth-order valence-corrected chi connectivity index (χ4v) is 5.40. The van der Waals surface area contributed by atoms with Crippen molar-refractivity contribution in [2.75, 3.05) is 0 Å². The zero-order valence-electron chi connectivity index (χ0n) is 32.6. The molecule has 1 heteroatoms. The van der Waals surface area contributed by atoms with E-state index in [1.165, 1.54) is 71.1 Å². The highest BCUT2D eigenvalue weighted by atomic mass is 16.1. The van der Waals surface area contributed by atoms with Gasteiger partial charge in [-0.1, -0.05) is 120 Å². The number of allylic oxidation sites excluding steroid dienone is 18. The number of aldehydes is 1. The number of carbonyl (C=O) groups excluding carboxylic acids is 1. The van der Waals surface area contributed by atoms with Crippen molar-refractivity contribution in [2.24, 2.45) is 11.8 Å². The topological polar surface area (TPSA) is 17.1 Å². The number of rotatable bonds is 26. The van der Waals surface area contributed by atoms with Gasteiger partial charge in [-0.2, -0.15) is 0 Å². The van der Waals surface area contributed by atoms with E-state index in [4.69, 9.17) is 0 Å². The maximum absolute atomic E-state index is 10.5. The monoisotopic (exact) mass is 643 g/mol.